The minimum absolute atomic E-state index is 0.0371. The van der Waals surface area contributed by atoms with Gasteiger partial charge in [0, 0.05) is 55.2 Å². The summed E-state index contributed by atoms with van der Waals surface area (Å²) in [5.74, 6) is -2.65. The lowest BCUT2D eigenvalue weighted by Crippen LogP contribution is -2.61. The van der Waals surface area contributed by atoms with Crippen LogP contribution in [0.15, 0.2) is 72.3 Å². The van der Waals surface area contributed by atoms with Gasteiger partial charge in [-0.3, -0.25) is 28.9 Å². The second-order valence-corrected chi connectivity index (χ2v) is 18.7. The average molecular weight is 799 g/mol. The quantitative estimate of drug-likeness (QED) is 0.301. The summed E-state index contributed by atoms with van der Waals surface area (Å²) in [6, 6.07) is 6.10. The molecule has 302 valence electrons. The predicted molar refractivity (Wildman–Crippen MR) is 214 cm³/mol. The van der Waals surface area contributed by atoms with E-state index < -0.39 is 74.0 Å². The van der Waals surface area contributed by atoms with Crippen molar-refractivity contribution in [3.8, 4) is 11.1 Å². The fraction of sp³-hybridized carbons (Fsp3) is 0.488. The van der Waals surface area contributed by atoms with E-state index in [9.17, 15) is 32.4 Å². The minimum atomic E-state index is -3.93. The normalized spacial score (nSPS) is 26.3. The summed E-state index contributed by atoms with van der Waals surface area (Å²) in [6.07, 6.45) is 11.2. The number of amides is 5. The molecule has 16 heteroatoms. The van der Waals surface area contributed by atoms with Crippen LogP contribution in [-0.4, -0.2) is 99.7 Å². The van der Waals surface area contributed by atoms with Crippen molar-refractivity contribution in [2.45, 2.75) is 94.6 Å². The number of fused-ring (bicyclic) bond motifs is 6. The van der Waals surface area contributed by atoms with Crippen LogP contribution in [0.25, 0.3) is 22.0 Å². The minimum Gasteiger partial charge on any atom is -0.339 e. The Labute approximate surface area is 332 Å². The zero-order valence-electron chi connectivity index (χ0n) is 32.7. The molecule has 15 nitrogen and oxygen atoms in total. The highest BCUT2D eigenvalue weighted by atomic mass is 32.2. The van der Waals surface area contributed by atoms with Crippen LogP contribution in [0.4, 0.5) is 4.79 Å². The van der Waals surface area contributed by atoms with Crippen LogP contribution in [0.5, 0.6) is 0 Å². The van der Waals surface area contributed by atoms with Gasteiger partial charge in [-0.2, -0.15) is 5.10 Å². The smallest absolute Gasteiger partial charge is 0.317 e. The Kier molecular flexibility index (Phi) is 10.6. The number of carbonyl (C=O) groups is 4. The summed E-state index contributed by atoms with van der Waals surface area (Å²) in [6.45, 7) is 9.48. The van der Waals surface area contributed by atoms with Gasteiger partial charge in [0.1, 0.15) is 17.6 Å². The van der Waals surface area contributed by atoms with Crippen LogP contribution < -0.4 is 20.9 Å². The molecule has 3 N–H and O–H groups in total. The number of allylic oxidation sites excluding steroid dienone is 1. The molecule has 3 fully saturated rings. The van der Waals surface area contributed by atoms with Crippen LogP contribution >= 0.6 is 0 Å². The monoisotopic (exact) mass is 798 g/mol. The van der Waals surface area contributed by atoms with E-state index in [0.717, 1.165) is 16.5 Å². The van der Waals surface area contributed by atoms with Gasteiger partial charge in [0.15, 0.2) is 0 Å². The zero-order chi connectivity index (χ0) is 40.9. The van der Waals surface area contributed by atoms with Crippen molar-refractivity contribution in [1.82, 2.24) is 39.9 Å². The number of pyridine rings is 1. The molecule has 0 radical (unpaired) electrons. The maximum Gasteiger partial charge on any atom is 0.317 e. The van der Waals surface area contributed by atoms with Crippen LogP contribution in [0.1, 0.15) is 70.9 Å². The van der Waals surface area contributed by atoms with Gasteiger partial charge in [0.25, 0.3) is 11.5 Å². The molecule has 5 atom stereocenters. The molecule has 2 saturated carbocycles. The Balaban J connectivity index is 1.28. The topological polar surface area (TPSA) is 193 Å². The highest BCUT2D eigenvalue weighted by Gasteiger charge is 2.62. The molecule has 2 unspecified atom stereocenters. The Hall–Kier alpha value is -5.38. The summed E-state index contributed by atoms with van der Waals surface area (Å²) in [7, 11) is -2.28. The number of hydrogen-bond donors (Lipinski definition) is 3. The molecule has 5 amide bonds. The molecular weight excluding hydrogens is 749 g/mol. The summed E-state index contributed by atoms with van der Waals surface area (Å²) >= 11 is 0. The molecular formula is C41H50N8O7S. The maximum atomic E-state index is 14.7. The van der Waals surface area contributed by atoms with E-state index in [0.29, 0.717) is 49.8 Å². The molecule has 1 aromatic carbocycles. The van der Waals surface area contributed by atoms with Gasteiger partial charge in [-0.25, -0.2) is 17.9 Å². The molecule has 2 aliphatic heterocycles. The molecule has 1 saturated heterocycles. The number of benzene rings is 1. The highest BCUT2D eigenvalue weighted by molar-refractivity contribution is 7.91. The third-order valence-electron chi connectivity index (χ3n) is 11.6. The van der Waals surface area contributed by atoms with E-state index >= 15 is 0 Å². The number of carbonyl (C=O) groups excluding carboxylic acids is 4. The largest absolute Gasteiger partial charge is 0.339 e. The van der Waals surface area contributed by atoms with E-state index in [-0.39, 0.29) is 24.9 Å². The maximum absolute atomic E-state index is 14.7. The molecule has 57 heavy (non-hydrogen) atoms. The number of urea groups is 1. The van der Waals surface area contributed by atoms with Gasteiger partial charge in [0.2, 0.25) is 21.8 Å². The predicted octanol–water partition coefficient (Wildman–Crippen LogP) is 3.22. The summed E-state index contributed by atoms with van der Waals surface area (Å²) in [5, 5.41) is 10.6. The number of rotatable bonds is 7. The van der Waals surface area contributed by atoms with Crippen molar-refractivity contribution in [3.63, 3.8) is 0 Å². The number of nitrogens with one attached hydrogen (secondary N) is 3. The second kappa shape index (κ2) is 15.2. The molecule has 4 bridgehead atoms. The summed E-state index contributed by atoms with van der Waals surface area (Å²) in [5.41, 5.74) is -0.0564. The van der Waals surface area contributed by atoms with Crippen LogP contribution in [-0.2, 0) is 30.8 Å². The van der Waals surface area contributed by atoms with Crippen molar-refractivity contribution < 1.29 is 27.6 Å². The van der Waals surface area contributed by atoms with E-state index in [2.05, 4.69) is 32.0 Å². The van der Waals surface area contributed by atoms with Crippen LogP contribution in [0.2, 0.25) is 0 Å². The number of sulfonamides is 1. The van der Waals surface area contributed by atoms with Crippen molar-refractivity contribution in [2.24, 2.45) is 11.3 Å². The van der Waals surface area contributed by atoms with Gasteiger partial charge in [-0.05, 0) is 61.6 Å². The number of hydrogen-bond acceptors (Lipinski definition) is 9. The molecule has 2 aliphatic carbocycles. The van der Waals surface area contributed by atoms with Crippen molar-refractivity contribution in [1.29, 1.82) is 0 Å². The van der Waals surface area contributed by atoms with Gasteiger partial charge in [-0.15, -0.1) is 6.58 Å². The molecule has 4 aliphatic rings. The van der Waals surface area contributed by atoms with Gasteiger partial charge < -0.3 is 20.4 Å². The van der Waals surface area contributed by atoms with E-state index in [4.69, 9.17) is 0 Å². The first-order valence-electron chi connectivity index (χ1n) is 19.5. The third-order valence-corrected chi connectivity index (χ3v) is 13.4. The number of nitrogens with zero attached hydrogens (tertiary/aromatic N) is 5. The zero-order valence-corrected chi connectivity index (χ0v) is 33.5. The van der Waals surface area contributed by atoms with Crippen molar-refractivity contribution >= 4 is 44.7 Å². The third kappa shape index (κ3) is 7.96. The van der Waals surface area contributed by atoms with Crippen molar-refractivity contribution in [2.75, 3.05) is 20.1 Å². The molecule has 7 rings (SSSR count). The second-order valence-electron chi connectivity index (χ2n) is 16.7. The van der Waals surface area contributed by atoms with Gasteiger partial charge in [0.05, 0.1) is 23.0 Å². The molecule has 3 aromatic rings. The average Bonchev–Trinajstić information content (AvgIpc) is 4.10. The SMILES string of the molecule is C=C[C@@H]1CC1(NC(=O)[C@@H]1CC2CN1C(=O)[C@H](C(C)(C)C)NC(=O)N(C)CC/C=C/CCc1c(-c3ccc4cccnc4c3)cnn2c1=O)C(=O)NS(=O)(=O)C1CC1. The van der Waals surface area contributed by atoms with Crippen molar-refractivity contribution in [3.05, 3.63) is 83.4 Å². The Morgan fingerprint density at radius 1 is 1.09 bits per heavy atom. The van der Waals surface area contributed by atoms with Crippen LogP contribution in [0, 0.1) is 11.3 Å². The fourth-order valence-electron chi connectivity index (χ4n) is 7.87. The molecule has 2 aromatic heterocycles. The Morgan fingerprint density at radius 2 is 1.84 bits per heavy atom. The molecule has 0 spiro atoms. The fourth-order valence-corrected chi connectivity index (χ4v) is 9.24. The van der Waals surface area contributed by atoms with Crippen LogP contribution in [0.3, 0.4) is 0 Å². The highest BCUT2D eigenvalue weighted by Crippen LogP contribution is 2.46. The molecule has 4 heterocycles. The van der Waals surface area contributed by atoms with Gasteiger partial charge >= 0.3 is 6.03 Å². The lowest BCUT2D eigenvalue weighted by atomic mass is 9.85. The Morgan fingerprint density at radius 3 is 2.54 bits per heavy atom. The first-order valence-corrected chi connectivity index (χ1v) is 21.0. The summed E-state index contributed by atoms with van der Waals surface area (Å²) < 4.78 is 29.0. The summed E-state index contributed by atoms with van der Waals surface area (Å²) in [4.78, 5) is 78.3. The first kappa shape index (κ1) is 39.8. The Bertz CT molecular complexity index is 2330. The lowest BCUT2D eigenvalue weighted by molar-refractivity contribution is -0.142. The first-order chi connectivity index (χ1) is 27.0. The van der Waals surface area contributed by atoms with E-state index in [1.807, 2.05) is 63.3 Å². The standard InChI is InChI=1S/C41H50N8O7S/c1-6-27-22-41(27,38(53)46-57(55,56)29-16-17-29)45-35(50)33-21-28-24-48(33)37(52)34(40(2,3)4)44-39(54)47(5)19-10-8-7-9-13-30-31(23-43-49(28)36(30)51)26-15-14-25-12-11-18-42-32(25)20-26/h6-8,11-12,14-15,18,20,23,27-29,33-34H,1,9-10,13,16-17,19,21-22,24H2,2-5H3,(H,44,54)(H,45,50)(H,46,53)/b8-7+/t27-,28?,33+,34-,41?/m1/s1. The van der Waals surface area contributed by atoms with E-state index in [1.165, 1.54) is 20.6 Å². The van der Waals surface area contributed by atoms with E-state index in [1.54, 1.807) is 19.4 Å². The number of aromatic nitrogens is 3. The lowest BCUT2D eigenvalue weighted by Gasteiger charge is -2.36. The van der Waals surface area contributed by atoms with Gasteiger partial charge in [-0.1, -0.05) is 57.2 Å².